The van der Waals surface area contributed by atoms with Crippen LogP contribution in [0.5, 0.6) is 0 Å². The van der Waals surface area contributed by atoms with Crippen molar-refractivity contribution in [1.82, 2.24) is 20.9 Å². The number of benzene rings is 1. The molecule has 0 aromatic heterocycles. The number of carbonyl (C=O) groups excluding carboxylic acids is 1. The molecular weight excluding hydrogens is 350 g/mol. The second kappa shape index (κ2) is 10.5. The van der Waals surface area contributed by atoms with Gasteiger partial charge in [0.1, 0.15) is 0 Å². The summed E-state index contributed by atoms with van der Waals surface area (Å²) in [7, 11) is 0. The van der Waals surface area contributed by atoms with Crippen molar-refractivity contribution in [3.63, 3.8) is 0 Å². The van der Waals surface area contributed by atoms with Crippen LogP contribution in [0.3, 0.4) is 0 Å². The third-order valence-corrected chi connectivity index (χ3v) is 5.56. The van der Waals surface area contributed by atoms with E-state index in [-0.39, 0.29) is 11.8 Å². The lowest BCUT2D eigenvalue weighted by molar-refractivity contribution is -0.122. The van der Waals surface area contributed by atoms with Crippen molar-refractivity contribution < 1.29 is 4.79 Å². The Kier molecular flexibility index (Phi) is 7.71. The minimum absolute atomic E-state index is 0.188. The van der Waals surface area contributed by atoms with Gasteiger partial charge in [-0.05, 0) is 45.1 Å². The van der Waals surface area contributed by atoms with E-state index in [0.29, 0.717) is 25.2 Å². The Morgan fingerprint density at radius 3 is 2.64 bits per heavy atom. The highest BCUT2D eigenvalue weighted by Gasteiger charge is 2.29. The van der Waals surface area contributed by atoms with Crippen LogP contribution in [0, 0.1) is 5.92 Å². The molecule has 2 unspecified atom stereocenters. The van der Waals surface area contributed by atoms with Gasteiger partial charge in [0.25, 0.3) is 0 Å². The molecule has 154 valence electrons. The maximum atomic E-state index is 11.7. The number of amides is 1. The molecule has 3 rings (SSSR count). The van der Waals surface area contributed by atoms with Crippen LogP contribution >= 0.6 is 0 Å². The third-order valence-electron chi connectivity index (χ3n) is 5.56. The molecule has 0 radical (unpaired) electrons. The second-order valence-electron chi connectivity index (χ2n) is 8.00. The van der Waals surface area contributed by atoms with Crippen molar-refractivity contribution in [2.24, 2.45) is 10.9 Å². The summed E-state index contributed by atoms with van der Waals surface area (Å²) in [6.07, 6.45) is 4.30. The van der Waals surface area contributed by atoms with Gasteiger partial charge < -0.3 is 16.0 Å². The Bertz CT molecular complexity index is 644. The zero-order chi connectivity index (χ0) is 19.8. The van der Waals surface area contributed by atoms with Crippen LogP contribution in [0.25, 0.3) is 0 Å². The predicted molar refractivity (Wildman–Crippen MR) is 114 cm³/mol. The summed E-state index contributed by atoms with van der Waals surface area (Å²) in [4.78, 5) is 18.9. The minimum atomic E-state index is 0.188. The number of rotatable bonds is 8. The molecular formula is C22H35N5O. The van der Waals surface area contributed by atoms with Crippen molar-refractivity contribution in [1.29, 1.82) is 0 Å². The molecule has 1 aliphatic carbocycles. The zero-order valence-corrected chi connectivity index (χ0v) is 17.3. The summed E-state index contributed by atoms with van der Waals surface area (Å²) in [5.74, 6) is 1.31. The van der Waals surface area contributed by atoms with Gasteiger partial charge in [-0.1, -0.05) is 30.3 Å². The van der Waals surface area contributed by atoms with E-state index >= 15 is 0 Å². The van der Waals surface area contributed by atoms with Crippen molar-refractivity contribution >= 4 is 11.9 Å². The van der Waals surface area contributed by atoms with Crippen molar-refractivity contribution in [2.75, 3.05) is 26.2 Å². The topological polar surface area (TPSA) is 68.8 Å². The van der Waals surface area contributed by atoms with E-state index < -0.39 is 0 Å². The molecule has 1 aliphatic heterocycles. The lowest BCUT2D eigenvalue weighted by atomic mass is 9.97. The van der Waals surface area contributed by atoms with Gasteiger partial charge in [0.15, 0.2) is 5.96 Å². The molecule has 1 amide bonds. The number of hydrogen-bond donors (Lipinski definition) is 3. The summed E-state index contributed by atoms with van der Waals surface area (Å²) in [5.41, 5.74) is 1.38. The Morgan fingerprint density at radius 2 is 1.96 bits per heavy atom. The van der Waals surface area contributed by atoms with E-state index in [1.54, 1.807) is 0 Å². The van der Waals surface area contributed by atoms with E-state index in [1.807, 2.05) is 0 Å². The quantitative estimate of drug-likeness (QED) is 0.364. The monoisotopic (exact) mass is 385 g/mol. The number of hydrogen-bond acceptors (Lipinski definition) is 3. The molecule has 6 nitrogen and oxygen atoms in total. The SMILES string of the molecule is CCNC(=NCCNC(=O)C1CC1)NC1CCN(Cc2ccccc2)C(C)C1. The Labute approximate surface area is 169 Å². The van der Waals surface area contributed by atoms with Crippen LogP contribution in [-0.4, -0.2) is 55.0 Å². The first-order valence-corrected chi connectivity index (χ1v) is 10.8. The van der Waals surface area contributed by atoms with Gasteiger partial charge in [0, 0.05) is 44.2 Å². The van der Waals surface area contributed by atoms with Crippen molar-refractivity contribution in [3.8, 4) is 0 Å². The van der Waals surface area contributed by atoms with Gasteiger partial charge in [-0.25, -0.2) is 0 Å². The van der Waals surface area contributed by atoms with Crippen LogP contribution in [0.4, 0.5) is 0 Å². The van der Waals surface area contributed by atoms with E-state index in [9.17, 15) is 4.79 Å². The summed E-state index contributed by atoms with van der Waals surface area (Å²) in [6.45, 7) is 8.55. The average molecular weight is 386 g/mol. The van der Waals surface area contributed by atoms with Gasteiger partial charge in [0.2, 0.25) is 5.91 Å². The lowest BCUT2D eigenvalue weighted by Gasteiger charge is -2.38. The molecule has 0 bridgehead atoms. The molecule has 2 aliphatic rings. The van der Waals surface area contributed by atoms with E-state index in [2.05, 4.69) is 70.0 Å². The van der Waals surface area contributed by atoms with Crippen LogP contribution < -0.4 is 16.0 Å². The van der Waals surface area contributed by atoms with Crippen LogP contribution in [0.1, 0.15) is 45.1 Å². The van der Waals surface area contributed by atoms with Gasteiger partial charge in [-0.15, -0.1) is 0 Å². The number of carbonyl (C=O) groups is 1. The first-order chi connectivity index (χ1) is 13.7. The van der Waals surface area contributed by atoms with E-state index in [1.165, 1.54) is 5.56 Å². The summed E-state index contributed by atoms with van der Waals surface area (Å²) < 4.78 is 0. The minimum Gasteiger partial charge on any atom is -0.357 e. The summed E-state index contributed by atoms with van der Waals surface area (Å²) >= 11 is 0. The van der Waals surface area contributed by atoms with Gasteiger partial charge in [-0.3, -0.25) is 14.7 Å². The van der Waals surface area contributed by atoms with Gasteiger partial charge in [0.05, 0.1) is 6.54 Å². The molecule has 6 heteroatoms. The predicted octanol–water partition coefficient (Wildman–Crippen LogP) is 2.12. The van der Waals surface area contributed by atoms with Gasteiger partial charge >= 0.3 is 0 Å². The van der Waals surface area contributed by atoms with E-state index in [4.69, 9.17) is 0 Å². The number of guanidine groups is 1. The molecule has 1 saturated heterocycles. The molecule has 0 spiro atoms. The largest absolute Gasteiger partial charge is 0.357 e. The maximum Gasteiger partial charge on any atom is 0.223 e. The average Bonchev–Trinajstić information content (AvgIpc) is 3.53. The van der Waals surface area contributed by atoms with Crippen LogP contribution in [0.15, 0.2) is 35.3 Å². The highest BCUT2D eigenvalue weighted by molar-refractivity contribution is 5.81. The Hall–Kier alpha value is -2.08. The second-order valence-corrected chi connectivity index (χ2v) is 8.00. The first kappa shape index (κ1) is 20.6. The fourth-order valence-electron chi connectivity index (χ4n) is 3.75. The van der Waals surface area contributed by atoms with Crippen molar-refractivity contribution in [2.45, 2.75) is 58.2 Å². The fraction of sp³-hybridized carbons (Fsp3) is 0.636. The zero-order valence-electron chi connectivity index (χ0n) is 17.3. The first-order valence-electron chi connectivity index (χ1n) is 10.8. The molecule has 2 atom stereocenters. The summed E-state index contributed by atoms with van der Waals surface area (Å²) in [6, 6.07) is 11.7. The number of piperidine rings is 1. The smallest absolute Gasteiger partial charge is 0.223 e. The standard InChI is InChI=1S/C22H35N5O/c1-3-23-22(25-13-12-24-21(28)19-9-10-19)26-20-11-14-27(17(2)15-20)16-18-7-5-4-6-8-18/h4-8,17,19-20H,3,9-16H2,1-2H3,(H,24,28)(H2,23,25,26). The summed E-state index contributed by atoms with van der Waals surface area (Å²) in [5, 5.41) is 9.90. The number of likely N-dealkylation sites (tertiary alicyclic amines) is 1. The lowest BCUT2D eigenvalue weighted by Crippen LogP contribution is -2.51. The highest BCUT2D eigenvalue weighted by Crippen LogP contribution is 2.28. The number of aliphatic imine (C=N–C) groups is 1. The molecule has 2 fully saturated rings. The molecule has 1 saturated carbocycles. The van der Waals surface area contributed by atoms with Crippen LogP contribution in [-0.2, 0) is 11.3 Å². The van der Waals surface area contributed by atoms with E-state index in [0.717, 1.165) is 51.3 Å². The third kappa shape index (κ3) is 6.51. The molecule has 1 aromatic rings. The van der Waals surface area contributed by atoms with Crippen molar-refractivity contribution in [3.05, 3.63) is 35.9 Å². The molecule has 1 heterocycles. The molecule has 28 heavy (non-hydrogen) atoms. The molecule has 1 aromatic carbocycles. The Morgan fingerprint density at radius 1 is 1.18 bits per heavy atom. The number of nitrogens with zero attached hydrogens (tertiary/aromatic N) is 2. The maximum absolute atomic E-state index is 11.7. The molecule has 3 N–H and O–H groups in total. The number of nitrogens with one attached hydrogen (secondary N) is 3. The van der Waals surface area contributed by atoms with Gasteiger partial charge in [-0.2, -0.15) is 0 Å². The normalized spacial score (nSPS) is 23.3. The highest BCUT2D eigenvalue weighted by atomic mass is 16.2. The Balaban J connectivity index is 1.43. The van der Waals surface area contributed by atoms with Crippen LogP contribution in [0.2, 0.25) is 0 Å². The fourth-order valence-corrected chi connectivity index (χ4v) is 3.75.